The fourth-order valence-corrected chi connectivity index (χ4v) is 4.99. The molecule has 3 saturated heterocycles. The molecule has 0 amide bonds. The number of aliphatic hydroxyl groups is 9. The molecule has 1 spiro atoms. The quantitative estimate of drug-likeness (QED) is 0.157. The number of hydrogen-bond acceptors (Lipinski definition) is 17. The monoisotopic (exact) mass is 529 g/mol. The third kappa shape index (κ3) is 4.46. The fraction of sp³-hybridized carbons (Fsp3) is 1.00. The lowest BCUT2D eigenvalue weighted by atomic mass is 9.82. The first kappa shape index (κ1) is 28.3. The zero-order chi connectivity index (χ0) is 26.7. The molecule has 0 aromatic heterocycles. The van der Waals surface area contributed by atoms with Crippen LogP contribution in [0.5, 0.6) is 0 Å². The molecule has 1 saturated carbocycles. The average Bonchev–Trinajstić information content (AvgIpc) is 3.27. The summed E-state index contributed by atoms with van der Waals surface area (Å²) in [6, 6.07) is -3.85. The van der Waals surface area contributed by atoms with Crippen LogP contribution < -0.4 is 17.2 Å². The van der Waals surface area contributed by atoms with Crippen molar-refractivity contribution in [2.45, 2.75) is 104 Å². The van der Waals surface area contributed by atoms with Crippen molar-refractivity contribution in [3.63, 3.8) is 0 Å². The lowest BCUT2D eigenvalue weighted by Gasteiger charge is -2.47. The topological polar surface area (TPSA) is 306 Å². The first-order chi connectivity index (χ1) is 16.9. The number of ether oxygens (including phenoxy) is 5. The standard InChI is InChI=1S/C19H35N3O14/c20-3(1-23)13-11(29)12(30)17(31)19(34-13)35-15-7(25)4(2-24)32-18(16(15)36-19)33-14-9(27)5(21)8(26)6(22)10(14)28/h3-18,23-31H,1-2,20-22H2. The van der Waals surface area contributed by atoms with Crippen molar-refractivity contribution in [2.24, 2.45) is 17.2 Å². The Bertz CT molecular complexity index is 755. The molecule has 4 rings (SSSR count). The Hall–Kier alpha value is -0.680. The summed E-state index contributed by atoms with van der Waals surface area (Å²) < 4.78 is 28.3. The van der Waals surface area contributed by atoms with E-state index in [1.807, 2.05) is 0 Å². The lowest BCUT2D eigenvalue weighted by molar-refractivity contribution is -0.439. The van der Waals surface area contributed by atoms with Crippen LogP contribution in [0.3, 0.4) is 0 Å². The molecular weight excluding hydrogens is 494 g/mol. The van der Waals surface area contributed by atoms with Gasteiger partial charge in [0, 0.05) is 0 Å². The van der Waals surface area contributed by atoms with E-state index in [-0.39, 0.29) is 0 Å². The predicted molar refractivity (Wildman–Crippen MR) is 111 cm³/mol. The Balaban J connectivity index is 1.63. The molecule has 0 aromatic rings. The van der Waals surface area contributed by atoms with Gasteiger partial charge in [-0.2, -0.15) is 0 Å². The zero-order valence-electron chi connectivity index (χ0n) is 19.0. The van der Waals surface area contributed by atoms with E-state index < -0.39 is 117 Å². The van der Waals surface area contributed by atoms with Gasteiger partial charge >= 0.3 is 5.97 Å². The minimum absolute atomic E-state index is 0.679. The van der Waals surface area contributed by atoms with Gasteiger partial charge in [-0.25, -0.2) is 0 Å². The summed E-state index contributed by atoms with van der Waals surface area (Å²) >= 11 is 0. The Morgan fingerprint density at radius 1 is 0.750 bits per heavy atom. The molecule has 3 heterocycles. The van der Waals surface area contributed by atoms with E-state index in [1.165, 1.54) is 0 Å². The molecule has 0 bridgehead atoms. The molecular formula is C19H35N3O14. The summed E-state index contributed by atoms with van der Waals surface area (Å²) in [7, 11) is 0. The molecule has 3 aliphatic heterocycles. The molecule has 17 nitrogen and oxygen atoms in total. The molecule has 4 aliphatic rings. The highest BCUT2D eigenvalue weighted by atomic mass is 16.9. The van der Waals surface area contributed by atoms with Gasteiger partial charge in [0.25, 0.3) is 0 Å². The second-order valence-electron chi connectivity index (χ2n) is 9.57. The minimum atomic E-state index is -2.53. The van der Waals surface area contributed by atoms with Gasteiger partial charge < -0.3 is 86.8 Å². The largest absolute Gasteiger partial charge is 0.395 e. The van der Waals surface area contributed by atoms with Crippen LogP contribution in [0.4, 0.5) is 0 Å². The van der Waals surface area contributed by atoms with Gasteiger partial charge in [0.05, 0.1) is 37.4 Å². The Kier molecular flexibility index (Phi) is 8.24. The second kappa shape index (κ2) is 10.5. The predicted octanol–water partition coefficient (Wildman–Crippen LogP) is -8.56. The van der Waals surface area contributed by atoms with Crippen molar-refractivity contribution in [1.29, 1.82) is 0 Å². The molecule has 15 N–H and O–H groups in total. The maximum absolute atomic E-state index is 10.7. The van der Waals surface area contributed by atoms with E-state index in [4.69, 9.17) is 40.9 Å². The van der Waals surface area contributed by atoms with Crippen LogP contribution in [0, 0.1) is 0 Å². The van der Waals surface area contributed by atoms with E-state index in [0.29, 0.717) is 0 Å². The second-order valence-corrected chi connectivity index (χ2v) is 9.57. The van der Waals surface area contributed by atoms with E-state index >= 15 is 0 Å². The van der Waals surface area contributed by atoms with Gasteiger partial charge in [-0.1, -0.05) is 0 Å². The van der Waals surface area contributed by atoms with E-state index in [2.05, 4.69) is 0 Å². The van der Waals surface area contributed by atoms with Gasteiger partial charge in [0.2, 0.25) is 0 Å². The summed E-state index contributed by atoms with van der Waals surface area (Å²) in [6.07, 6.45) is -20.9. The van der Waals surface area contributed by atoms with Crippen molar-refractivity contribution in [3.05, 3.63) is 0 Å². The highest BCUT2D eigenvalue weighted by Gasteiger charge is 2.67. The average molecular weight is 529 g/mol. The van der Waals surface area contributed by atoms with Crippen LogP contribution in [-0.4, -0.2) is 163 Å². The Morgan fingerprint density at radius 2 is 1.33 bits per heavy atom. The number of nitrogens with two attached hydrogens (primary N) is 3. The normalized spacial score (nSPS) is 56.5. The maximum Gasteiger partial charge on any atom is 0.314 e. The Labute approximate surface area is 204 Å². The molecule has 1 aliphatic carbocycles. The van der Waals surface area contributed by atoms with Gasteiger partial charge in [-0.3, -0.25) is 0 Å². The van der Waals surface area contributed by atoms with E-state index in [9.17, 15) is 46.0 Å². The first-order valence-electron chi connectivity index (χ1n) is 11.5. The molecule has 15 atom stereocenters. The van der Waals surface area contributed by atoms with Crippen LogP contribution in [0.2, 0.25) is 0 Å². The smallest absolute Gasteiger partial charge is 0.314 e. The number of fused-ring (bicyclic) bond motifs is 1. The van der Waals surface area contributed by atoms with Crippen LogP contribution in [0.25, 0.3) is 0 Å². The molecule has 15 unspecified atom stereocenters. The van der Waals surface area contributed by atoms with Crippen molar-refractivity contribution in [1.82, 2.24) is 0 Å². The van der Waals surface area contributed by atoms with Crippen LogP contribution in [0.1, 0.15) is 0 Å². The molecule has 0 aromatic carbocycles. The number of rotatable bonds is 5. The van der Waals surface area contributed by atoms with E-state index in [1.54, 1.807) is 0 Å². The van der Waals surface area contributed by atoms with E-state index in [0.717, 1.165) is 0 Å². The molecule has 0 radical (unpaired) electrons. The van der Waals surface area contributed by atoms with Gasteiger partial charge in [0.15, 0.2) is 12.4 Å². The molecule has 17 heteroatoms. The van der Waals surface area contributed by atoms with Gasteiger partial charge in [-0.15, -0.1) is 0 Å². The number of aliphatic hydroxyl groups excluding tert-OH is 9. The van der Waals surface area contributed by atoms with Crippen molar-refractivity contribution in [2.75, 3.05) is 13.2 Å². The third-order valence-corrected chi connectivity index (χ3v) is 7.25. The maximum atomic E-state index is 10.7. The minimum Gasteiger partial charge on any atom is -0.395 e. The van der Waals surface area contributed by atoms with Crippen LogP contribution in [-0.2, 0) is 23.7 Å². The van der Waals surface area contributed by atoms with Crippen molar-refractivity contribution < 1.29 is 69.6 Å². The van der Waals surface area contributed by atoms with Crippen LogP contribution >= 0.6 is 0 Å². The highest BCUT2D eigenvalue weighted by molar-refractivity contribution is 5.06. The summed E-state index contributed by atoms with van der Waals surface area (Å²) in [4.78, 5) is 0. The Morgan fingerprint density at radius 3 is 1.89 bits per heavy atom. The summed E-state index contributed by atoms with van der Waals surface area (Å²) in [5.41, 5.74) is 17.3. The zero-order valence-corrected chi connectivity index (χ0v) is 19.0. The summed E-state index contributed by atoms with van der Waals surface area (Å²) in [5, 5.41) is 92.2. The SMILES string of the molecule is NC(CO)C1OC2(OC3C(OC4C(O)C(N)C(O)C(N)C4O)OC(CO)C(O)C3O2)C(O)C(O)C1O. The third-order valence-electron chi connectivity index (χ3n) is 7.25. The van der Waals surface area contributed by atoms with Crippen LogP contribution in [0.15, 0.2) is 0 Å². The van der Waals surface area contributed by atoms with Crippen molar-refractivity contribution >= 4 is 0 Å². The fourth-order valence-electron chi connectivity index (χ4n) is 4.99. The molecule has 36 heavy (non-hydrogen) atoms. The molecule has 4 fully saturated rings. The molecule has 210 valence electrons. The summed E-state index contributed by atoms with van der Waals surface area (Å²) in [6.45, 7) is -1.42. The van der Waals surface area contributed by atoms with Gasteiger partial charge in [-0.05, 0) is 0 Å². The summed E-state index contributed by atoms with van der Waals surface area (Å²) in [5.74, 6) is -2.53. The number of hydrogen-bond donors (Lipinski definition) is 12. The highest BCUT2D eigenvalue weighted by Crippen LogP contribution is 2.45. The first-order valence-corrected chi connectivity index (χ1v) is 11.5. The lowest BCUT2D eigenvalue weighted by Crippen LogP contribution is -2.71. The van der Waals surface area contributed by atoms with Gasteiger partial charge in [0.1, 0.15) is 61.0 Å². The van der Waals surface area contributed by atoms with Crippen molar-refractivity contribution in [3.8, 4) is 0 Å².